The molecule has 0 spiro atoms. The number of ether oxygens (including phenoxy) is 1. The van der Waals surface area contributed by atoms with Gasteiger partial charge in [-0.2, -0.15) is 0 Å². The lowest BCUT2D eigenvalue weighted by atomic mass is 9.94. The quantitative estimate of drug-likeness (QED) is 0.486. The molecule has 2 unspecified atom stereocenters. The van der Waals surface area contributed by atoms with Gasteiger partial charge in [-0.25, -0.2) is 0 Å². The van der Waals surface area contributed by atoms with Gasteiger partial charge in [0.25, 0.3) is 0 Å². The van der Waals surface area contributed by atoms with Crippen molar-refractivity contribution in [1.82, 2.24) is 4.90 Å². The zero-order valence-corrected chi connectivity index (χ0v) is 8.53. The SMILES string of the molecule is CC(C)C1CC(=O)N(CC2CO2)C1=O. The number of likely N-dealkylation sites (tertiary alicyclic amines) is 1. The fraction of sp³-hybridized carbons (Fsp3) is 0.800. The van der Waals surface area contributed by atoms with E-state index in [1.807, 2.05) is 13.8 Å². The Hall–Kier alpha value is -0.900. The molecule has 2 amide bonds. The van der Waals surface area contributed by atoms with Gasteiger partial charge in [0.15, 0.2) is 0 Å². The van der Waals surface area contributed by atoms with Crippen molar-refractivity contribution in [3.63, 3.8) is 0 Å². The van der Waals surface area contributed by atoms with Crippen molar-refractivity contribution < 1.29 is 14.3 Å². The molecule has 0 aromatic carbocycles. The van der Waals surface area contributed by atoms with Gasteiger partial charge in [0.1, 0.15) is 0 Å². The number of hydrogen-bond donors (Lipinski definition) is 0. The van der Waals surface area contributed by atoms with Crippen molar-refractivity contribution in [2.45, 2.75) is 26.4 Å². The van der Waals surface area contributed by atoms with E-state index in [0.717, 1.165) is 0 Å². The molecule has 0 saturated carbocycles. The van der Waals surface area contributed by atoms with E-state index < -0.39 is 0 Å². The average molecular weight is 197 g/mol. The lowest BCUT2D eigenvalue weighted by Crippen LogP contribution is -2.34. The van der Waals surface area contributed by atoms with Crippen molar-refractivity contribution >= 4 is 11.8 Å². The van der Waals surface area contributed by atoms with E-state index in [1.54, 1.807) is 0 Å². The summed E-state index contributed by atoms with van der Waals surface area (Å²) in [5.74, 6) is 0.0857. The van der Waals surface area contributed by atoms with Crippen LogP contribution < -0.4 is 0 Å². The molecule has 0 aliphatic carbocycles. The molecular formula is C10H15NO3. The summed E-state index contributed by atoms with van der Waals surface area (Å²) in [5, 5.41) is 0. The van der Waals surface area contributed by atoms with E-state index in [9.17, 15) is 9.59 Å². The number of amides is 2. The van der Waals surface area contributed by atoms with E-state index in [1.165, 1.54) is 4.90 Å². The number of epoxide rings is 1. The Balaban J connectivity index is 2.03. The number of nitrogens with zero attached hydrogens (tertiary/aromatic N) is 1. The minimum atomic E-state index is -0.110. The molecule has 2 saturated heterocycles. The summed E-state index contributed by atoms with van der Waals surface area (Å²) in [7, 11) is 0. The third-order valence-corrected chi connectivity index (χ3v) is 2.87. The van der Waals surface area contributed by atoms with E-state index >= 15 is 0 Å². The first-order chi connectivity index (χ1) is 6.59. The second-order valence-corrected chi connectivity index (χ2v) is 4.35. The van der Waals surface area contributed by atoms with Crippen molar-refractivity contribution in [1.29, 1.82) is 0 Å². The van der Waals surface area contributed by atoms with Crippen LogP contribution in [0, 0.1) is 11.8 Å². The molecule has 0 aromatic rings. The molecule has 78 valence electrons. The highest BCUT2D eigenvalue weighted by atomic mass is 16.6. The first-order valence-electron chi connectivity index (χ1n) is 5.05. The highest BCUT2D eigenvalue weighted by Gasteiger charge is 2.42. The zero-order chi connectivity index (χ0) is 10.3. The normalized spacial score (nSPS) is 31.8. The summed E-state index contributed by atoms with van der Waals surface area (Å²) in [5.41, 5.74) is 0. The maximum Gasteiger partial charge on any atom is 0.233 e. The van der Waals surface area contributed by atoms with Gasteiger partial charge in [0.2, 0.25) is 11.8 Å². The number of imide groups is 1. The fourth-order valence-electron chi connectivity index (χ4n) is 1.80. The van der Waals surface area contributed by atoms with Crippen LogP contribution in [0.15, 0.2) is 0 Å². The van der Waals surface area contributed by atoms with Crippen LogP contribution in [0.2, 0.25) is 0 Å². The fourth-order valence-corrected chi connectivity index (χ4v) is 1.80. The minimum Gasteiger partial charge on any atom is -0.371 e. The Bertz CT molecular complexity index is 271. The molecule has 2 aliphatic rings. The molecule has 0 radical (unpaired) electrons. The predicted molar refractivity (Wildman–Crippen MR) is 49.4 cm³/mol. The van der Waals surface area contributed by atoms with Crippen molar-refractivity contribution in [2.75, 3.05) is 13.2 Å². The molecule has 4 heteroatoms. The lowest BCUT2D eigenvalue weighted by molar-refractivity contribution is -0.140. The second kappa shape index (κ2) is 3.35. The largest absolute Gasteiger partial charge is 0.371 e. The molecule has 14 heavy (non-hydrogen) atoms. The maximum atomic E-state index is 11.8. The highest BCUT2D eigenvalue weighted by molar-refractivity contribution is 6.03. The Kier molecular flexibility index (Phi) is 2.31. The van der Waals surface area contributed by atoms with Crippen LogP contribution in [0.4, 0.5) is 0 Å². The zero-order valence-electron chi connectivity index (χ0n) is 8.53. The van der Waals surface area contributed by atoms with Crippen molar-refractivity contribution in [3.8, 4) is 0 Å². The summed E-state index contributed by atoms with van der Waals surface area (Å²) < 4.78 is 5.02. The topological polar surface area (TPSA) is 49.9 Å². The maximum absolute atomic E-state index is 11.8. The van der Waals surface area contributed by atoms with Crippen LogP contribution in [-0.4, -0.2) is 36.0 Å². The molecule has 0 aromatic heterocycles. The summed E-state index contributed by atoms with van der Waals surface area (Å²) in [6, 6.07) is 0. The summed E-state index contributed by atoms with van der Waals surface area (Å²) in [6.45, 7) is 5.10. The molecule has 2 aliphatic heterocycles. The highest BCUT2D eigenvalue weighted by Crippen LogP contribution is 2.27. The van der Waals surface area contributed by atoms with Gasteiger partial charge in [0, 0.05) is 12.3 Å². The molecule has 4 nitrogen and oxygen atoms in total. The van der Waals surface area contributed by atoms with Crippen molar-refractivity contribution in [3.05, 3.63) is 0 Å². The van der Waals surface area contributed by atoms with Crippen molar-refractivity contribution in [2.24, 2.45) is 11.8 Å². The van der Waals surface area contributed by atoms with Gasteiger partial charge >= 0.3 is 0 Å². The van der Waals surface area contributed by atoms with Crippen LogP contribution in [0.1, 0.15) is 20.3 Å². The Morgan fingerprint density at radius 1 is 1.50 bits per heavy atom. The second-order valence-electron chi connectivity index (χ2n) is 4.35. The van der Waals surface area contributed by atoms with Crippen LogP contribution in [0.25, 0.3) is 0 Å². The number of carbonyl (C=O) groups is 2. The van der Waals surface area contributed by atoms with Crippen LogP contribution >= 0.6 is 0 Å². The van der Waals surface area contributed by atoms with Gasteiger partial charge in [-0.1, -0.05) is 13.8 Å². The molecular weight excluding hydrogens is 182 g/mol. The monoisotopic (exact) mass is 197 g/mol. The Labute approximate surface area is 83.2 Å². The molecule has 2 fully saturated rings. The number of carbonyl (C=O) groups excluding carboxylic acids is 2. The smallest absolute Gasteiger partial charge is 0.233 e. The van der Waals surface area contributed by atoms with E-state index in [0.29, 0.717) is 19.6 Å². The van der Waals surface area contributed by atoms with Crippen LogP contribution in [0.3, 0.4) is 0 Å². The van der Waals surface area contributed by atoms with E-state index in [2.05, 4.69) is 0 Å². The molecule has 2 heterocycles. The third kappa shape index (κ3) is 1.66. The van der Waals surface area contributed by atoms with Crippen LogP contribution in [0.5, 0.6) is 0 Å². The first-order valence-corrected chi connectivity index (χ1v) is 5.05. The minimum absolute atomic E-state index is 0.0134. The molecule has 0 bridgehead atoms. The molecule has 2 atom stereocenters. The Morgan fingerprint density at radius 2 is 2.14 bits per heavy atom. The average Bonchev–Trinajstić information content (AvgIpc) is 2.87. The van der Waals surface area contributed by atoms with Gasteiger partial charge < -0.3 is 4.74 Å². The third-order valence-electron chi connectivity index (χ3n) is 2.87. The predicted octanol–water partition coefficient (Wildman–Crippen LogP) is 0.416. The van der Waals surface area contributed by atoms with Crippen LogP contribution in [-0.2, 0) is 14.3 Å². The number of rotatable bonds is 3. The van der Waals surface area contributed by atoms with Gasteiger partial charge in [-0.3, -0.25) is 14.5 Å². The molecule has 0 N–H and O–H groups in total. The Morgan fingerprint density at radius 3 is 2.57 bits per heavy atom. The lowest BCUT2D eigenvalue weighted by Gasteiger charge is -2.14. The summed E-state index contributed by atoms with van der Waals surface area (Å²) in [6.07, 6.45) is 0.484. The van der Waals surface area contributed by atoms with E-state index in [-0.39, 0.29) is 29.8 Å². The summed E-state index contributed by atoms with van der Waals surface area (Å²) in [4.78, 5) is 24.6. The van der Waals surface area contributed by atoms with Gasteiger partial charge in [0.05, 0.1) is 19.3 Å². The first kappa shape index (κ1) is 9.65. The number of hydrogen-bond acceptors (Lipinski definition) is 3. The summed E-state index contributed by atoms with van der Waals surface area (Å²) >= 11 is 0. The van der Waals surface area contributed by atoms with Gasteiger partial charge in [-0.05, 0) is 5.92 Å². The van der Waals surface area contributed by atoms with Gasteiger partial charge in [-0.15, -0.1) is 0 Å². The molecule has 2 rings (SSSR count). The van der Waals surface area contributed by atoms with E-state index in [4.69, 9.17) is 4.74 Å². The standard InChI is InChI=1S/C10H15NO3/c1-6(2)8-3-9(12)11(10(8)13)4-7-5-14-7/h6-8H,3-5H2,1-2H3.